The third-order valence-corrected chi connectivity index (χ3v) is 11.3. The summed E-state index contributed by atoms with van der Waals surface area (Å²) in [4.78, 5) is 0. The first-order valence-electron chi connectivity index (χ1n) is 19.8. The molecule has 2 unspecified atom stereocenters. The van der Waals surface area contributed by atoms with Gasteiger partial charge in [0.1, 0.15) is 0 Å². The molecule has 0 aliphatic heterocycles. The molecule has 0 nitrogen and oxygen atoms in total. The van der Waals surface area contributed by atoms with E-state index in [4.69, 9.17) is 6.58 Å². The maximum absolute atomic E-state index is 4.74. The van der Waals surface area contributed by atoms with Crippen LogP contribution in [0.3, 0.4) is 0 Å². The molecule has 5 aromatic rings. The average Bonchev–Trinajstić information content (AvgIpc) is 3.53. The van der Waals surface area contributed by atoms with Crippen LogP contribution < -0.4 is 10.4 Å². The zero-order valence-electron chi connectivity index (χ0n) is 33.8. The fraction of sp³-hybridized carbons (Fsp3) is 0.283. The molecule has 7 rings (SSSR count). The molecule has 0 saturated heterocycles. The molecule has 0 aromatic heterocycles. The van der Waals surface area contributed by atoms with Crippen LogP contribution in [-0.4, -0.2) is 0 Å². The third kappa shape index (κ3) is 8.03. The Kier molecular flexibility index (Phi) is 12.5. The first-order chi connectivity index (χ1) is 25.6. The van der Waals surface area contributed by atoms with E-state index in [0.29, 0.717) is 5.92 Å². The van der Waals surface area contributed by atoms with E-state index in [1.54, 1.807) is 0 Å². The third-order valence-electron chi connectivity index (χ3n) is 11.3. The Morgan fingerprint density at radius 3 is 2.09 bits per heavy atom. The molecule has 0 heterocycles. The van der Waals surface area contributed by atoms with Gasteiger partial charge in [0.25, 0.3) is 0 Å². The standard InChI is InChI=1S/C49H48.2C2H6/c1-8-49(7,48(4,5)6)32-43-26-27-44-46(36-17-12-10-13-18-36)31-45(34(3)47(44)33(43)2)42-25-24-40-29-39(22-23-41(40)30-42)38-21-15-20-35-16-11-9-14-19-37(35)28-38;2*1-2/h8,10-14,16-20,22-32,38H,1-2,9,15,21H2,3-7H3;2*1-2H3/b43-32-;;. The molecule has 5 aromatic carbocycles. The highest BCUT2D eigenvalue weighted by atomic mass is 14.4. The van der Waals surface area contributed by atoms with Crippen molar-refractivity contribution in [2.24, 2.45) is 10.8 Å². The lowest BCUT2D eigenvalue weighted by atomic mass is 9.67. The largest absolute Gasteiger partial charge is 0.102 e. The molecule has 2 aliphatic carbocycles. The van der Waals surface area contributed by atoms with Crippen molar-refractivity contribution in [1.29, 1.82) is 0 Å². The minimum atomic E-state index is -0.187. The quantitative estimate of drug-likeness (QED) is 0.161. The van der Waals surface area contributed by atoms with Crippen LogP contribution in [0.1, 0.15) is 91.7 Å². The molecule has 0 spiro atoms. The topological polar surface area (TPSA) is 0 Å². The van der Waals surface area contributed by atoms with Gasteiger partial charge in [0.2, 0.25) is 0 Å². The number of aryl methyl sites for hydroxylation is 1. The van der Waals surface area contributed by atoms with Crippen LogP contribution in [0.15, 0.2) is 145 Å². The Balaban J connectivity index is 0.00000131. The zero-order chi connectivity index (χ0) is 38.3. The summed E-state index contributed by atoms with van der Waals surface area (Å²) in [7, 11) is 0. The van der Waals surface area contributed by atoms with Gasteiger partial charge < -0.3 is 0 Å². The molecule has 53 heavy (non-hydrogen) atoms. The van der Waals surface area contributed by atoms with Crippen LogP contribution in [0.25, 0.3) is 56.5 Å². The minimum absolute atomic E-state index is 0.0176. The summed E-state index contributed by atoms with van der Waals surface area (Å²) in [6.07, 6.45) is 21.7. The Morgan fingerprint density at radius 1 is 0.717 bits per heavy atom. The molecule has 272 valence electrons. The van der Waals surface area contributed by atoms with E-state index in [-0.39, 0.29) is 10.8 Å². The second kappa shape index (κ2) is 16.8. The molecule has 0 amide bonds. The van der Waals surface area contributed by atoms with Crippen molar-refractivity contribution in [1.82, 2.24) is 0 Å². The number of allylic oxidation sites excluding steroid dienone is 9. The van der Waals surface area contributed by atoms with Gasteiger partial charge in [0, 0.05) is 11.3 Å². The Labute approximate surface area is 320 Å². The molecular formula is C53H60. The summed E-state index contributed by atoms with van der Waals surface area (Å²) in [6.45, 7) is 28.4. The number of benzene rings is 5. The predicted octanol–water partition coefficient (Wildman–Crippen LogP) is 14.4. The van der Waals surface area contributed by atoms with Gasteiger partial charge in [-0.25, -0.2) is 0 Å². The maximum atomic E-state index is 4.74. The minimum Gasteiger partial charge on any atom is -0.102 e. The van der Waals surface area contributed by atoms with Crippen LogP contribution in [-0.2, 0) is 0 Å². The molecule has 2 atom stereocenters. The molecule has 0 N–H and O–H groups in total. The second-order valence-electron chi connectivity index (χ2n) is 15.2. The average molecular weight is 697 g/mol. The zero-order valence-corrected chi connectivity index (χ0v) is 33.8. The lowest BCUT2D eigenvalue weighted by molar-refractivity contribution is 0.247. The van der Waals surface area contributed by atoms with Crippen molar-refractivity contribution < 1.29 is 0 Å². The van der Waals surface area contributed by atoms with Crippen LogP contribution >= 0.6 is 0 Å². The molecule has 0 radical (unpaired) electrons. The molecule has 2 aliphatic rings. The first kappa shape index (κ1) is 39.3. The van der Waals surface area contributed by atoms with Crippen molar-refractivity contribution in [2.45, 2.75) is 87.5 Å². The molecule has 0 fully saturated rings. The number of hydrogen-bond donors (Lipinski definition) is 0. The first-order valence-corrected chi connectivity index (χ1v) is 19.8. The van der Waals surface area contributed by atoms with Crippen molar-refractivity contribution in [3.8, 4) is 22.3 Å². The molecule has 0 heteroatoms. The highest BCUT2D eigenvalue weighted by Gasteiger charge is 2.32. The van der Waals surface area contributed by atoms with E-state index in [0.717, 1.165) is 24.5 Å². The summed E-state index contributed by atoms with van der Waals surface area (Å²) in [6, 6.07) is 31.8. The lowest BCUT2D eigenvalue weighted by Crippen LogP contribution is -2.34. The summed E-state index contributed by atoms with van der Waals surface area (Å²) in [5, 5.41) is 7.27. The van der Waals surface area contributed by atoms with Crippen LogP contribution in [0, 0.1) is 17.8 Å². The van der Waals surface area contributed by atoms with Gasteiger partial charge >= 0.3 is 0 Å². The summed E-state index contributed by atoms with van der Waals surface area (Å²) in [5.74, 6) is 0.405. The van der Waals surface area contributed by atoms with Gasteiger partial charge in [-0.3, -0.25) is 0 Å². The van der Waals surface area contributed by atoms with Crippen LogP contribution in [0.5, 0.6) is 0 Å². The highest BCUT2D eigenvalue weighted by Crippen LogP contribution is 2.41. The normalized spacial score (nSPS) is 16.8. The summed E-state index contributed by atoms with van der Waals surface area (Å²) < 4.78 is 0. The number of hydrogen-bond acceptors (Lipinski definition) is 0. The molecule has 0 saturated carbocycles. The van der Waals surface area contributed by atoms with Gasteiger partial charge in [-0.2, -0.15) is 0 Å². The van der Waals surface area contributed by atoms with E-state index < -0.39 is 0 Å². The maximum Gasteiger partial charge on any atom is 0.00877 e. The predicted molar refractivity (Wildman–Crippen MR) is 238 cm³/mol. The smallest absolute Gasteiger partial charge is 0.00877 e. The van der Waals surface area contributed by atoms with E-state index in [1.165, 1.54) is 71.3 Å². The lowest BCUT2D eigenvalue weighted by Gasteiger charge is -2.37. The fourth-order valence-corrected chi connectivity index (χ4v) is 7.62. The van der Waals surface area contributed by atoms with Crippen molar-refractivity contribution in [2.75, 3.05) is 0 Å². The SMILES string of the molecule is C=CC(C)(/C=c1/ccc2c(-c3ccccc3)cc(-c3ccc4cc(C5C=C6C=CCC=CC6=CCC5)ccc4c3)c(C)c2c1=C)C(C)(C)C.CC.CC. The van der Waals surface area contributed by atoms with Crippen LogP contribution in [0.2, 0.25) is 0 Å². The van der Waals surface area contributed by atoms with E-state index >= 15 is 0 Å². The Bertz CT molecular complexity index is 2330. The van der Waals surface area contributed by atoms with E-state index in [2.05, 4.69) is 175 Å². The van der Waals surface area contributed by atoms with Crippen LogP contribution in [0.4, 0.5) is 0 Å². The fourth-order valence-electron chi connectivity index (χ4n) is 7.62. The summed E-state index contributed by atoms with van der Waals surface area (Å²) >= 11 is 0. The molecular weight excluding hydrogens is 637 g/mol. The van der Waals surface area contributed by atoms with Gasteiger partial charge in [-0.1, -0.05) is 183 Å². The monoisotopic (exact) mass is 696 g/mol. The van der Waals surface area contributed by atoms with Crippen molar-refractivity contribution in [3.05, 3.63) is 167 Å². The van der Waals surface area contributed by atoms with Gasteiger partial charge in [0.05, 0.1) is 0 Å². The van der Waals surface area contributed by atoms with Gasteiger partial charge in [0.15, 0.2) is 0 Å². The van der Waals surface area contributed by atoms with E-state index in [1.807, 2.05) is 27.7 Å². The summed E-state index contributed by atoms with van der Waals surface area (Å²) in [5.41, 5.74) is 10.1. The van der Waals surface area contributed by atoms with Gasteiger partial charge in [-0.05, 0) is 120 Å². The molecule has 0 bridgehead atoms. The van der Waals surface area contributed by atoms with Crippen molar-refractivity contribution >= 4 is 34.2 Å². The Morgan fingerprint density at radius 2 is 1.40 bits per heavy atom. The number of rotatable bonds is 5. The van der Waals surface area contributed by atoms with Crippen molar-refractivity contribution in [3.63, 3.8) is 0 Å². The number of fused-ring (bicyclic) bond motifs is 3. The highest BCUT2D eigenvalue weighted by molar-refractivity contribution is 6.03. The Hall–Kier alpha value is -4.94. The van der Waals surface area contributed by atoms with E-state index in [9.17, 15) is 0 Å². The second-order valence-corrected chi connectivity index (χ2v) is 15.2. The van der Waals surface area contributed by atoms with Gasteiger partial charge in [-0.15, -0.1) is 6.58 Å².